The normalized spacial score (nSPS) is 10.8. The quantitative estimate of drug-likeness (QED) is 0.721. The summed E-state index contributed by atoms with van der Waals surface area (Å²) in [7, 11) is 0. The van der Waals surface area contributed by atoms with Gasteiger partial charge in [0.25, 0.3) is 0 Å². The van der Waals surface area contributed by atoms with Gasteiger partial charge in [0.2, 0.25) is 0 Å². The van der Waals surface area contributed by atoms with E-state index in [4.69, 9.17) is 5.73 Å². The second-order valence-corrected chi connectivity index (χ2v) is 5.44. The predicted molar refractivity (Wildman–Crippen MR) is 81.5 cm³/mol. The molecule has 0 aliphatic rings. The fraction of sp³-hybridized carbons (Fsp3) is 0. The zero-order valence-electron chi connectivity index (χ0n) is 10.7. The highest BCUT2D eigenvalue weighted by Gasteiger charge is 2.16. The molecule has 21 heavy (non-hydrogen) atoms. The number of hydrogen-bond acceptors (Lipinski definition) is 2. The maximum atomic E-state index is 13.4. The fourth-order valence-electron chi connectivity index (χ4n) is 2.20. The SMILES string of the molecule is Nc1n[nH]c(-c2cccc(Br)c2)c1-c1cc(F)cc(F)c1. The molecule has 2 aromatic carbocycles. The summed E-state index contributed by atoms with van der Waals surface area (Å²) < 4.78 is 27.7. The Morgan fingerprint density at radius 3 is 2.38 bits per heavy atom. The molecule has 0 amide bonds. The van der Waals surface area contributed by atoms with Gasteiger partial charge in [-0.2, -0.15) is 5.10 Å². The molecule has 0 aliphatic heterocycles. The van der Waals surface area contributed by atoms with Gasteiger partial charge >= 0.3 is 0 Å². The highest BCUT2D eigenvalue weighted by atomic mass is 79.9. The minimum Gasteiger partial charge on any atom is -0.382 e. The third-order valence-electron chi connectivity index (χ3n) is 3.06. The number of aromatic amines is 1. The van der Waals surface area contributed by atoms with Gasteiger partial charge in [0.05, 0.1) is 11.3 Å². The van der Waals surface area contributed by atoms with Crippen molar-refractivity contribution in [2.24, 2.45) is 0 Å². The maximum absolute atomic E-state index is 13.4. The molecule has 0 spiro atoms. The predicted octanol–water partition coefficient (Wildman–Crippen LogP) is 4.37. The van der Waals surface area contributed by atoms with Crippen molar-refractivity contribution in [3.05, 3.63) is 58.6 Å². The topological polar surface area (TPSA) is 54.7 Å². The monoisotopic (exact) mass is 349 g/mol. The lowest BCUT2D eigenvalue weighted by atomic mass is 10.0. The standard InChI is InChI=1S/C15H10BrF2N3/c16-10-3-1-2-8(4-10)14-13(15(19)21-20-14)9-5-11(17)7-12(18)6-9/h1-7H,(H3,19,20,21). The molecule has 0 bridgehead atoms. The Hall–Kier alpha value is -2.21. The molecule has 3 N–H and O–H groups in total. The van der Waals surface area contributed by atoms with Gasteiger partial charge < -0.3 is 5.73 Å². The lowest BCUT2D eigenvalue weighted by Gasteiger charge is -2.06. The first kappa shape index (κ1) is 13.8. The number of nitrogens with zero attached hydrogens (tertiary/aromatic N) is 1. The molecule has 3 aromatic rings. The Kier molecular flexibility index (Phi) is 3.47. The van der Waals surface area contributed by atoms with Gasteiger partial charge in [0.1, 0.15) is 11.6 Å². The Balaban J connectivity index is 2.22. The van der Waals surface area contributed by atoms with Crippen LogP contribution in [0.25, 0.3) is 22.4 Å². The minimum atomic E-state index is -0.661. The number of aromatic nitrogens is 2. The third kappa shape index (κ3) is 2.67. The first-order valence-corrected chi connectivity index (χ1v) is 6.90. The van der Waals surface area contributed by atoms with Crippen molar-refractivity contribution in [3.63, 3.8) is 0 Å². The second kappa shape index (κ2) is 5.29. The van der Waals surface area contributed by atoms with Crippen LogP contribution in [0.2, 0.25) is 0 Å². The summed E-state index contributed by atoms with van der Waals surface area (Å²) in [6.07, 6.45) is 0. The Morgan fingerprint density at radius 1 is 1.00 bits per heavy atom. The van der Waals surface area contributed by atoms with Crippen LogP contribution < -0.4 is 5.73 Å². The van der Waals surface area contributed by atoms with Gasteiger partial charge in [-0.15, -0.1) is 0 Å². The second-order valence-electron chi connectivity index (χ2n) is 4.53. The summed E-state index contributed by atoms with van der Waals surface area (Å²) >= 11 is 3.38. The lowest BCUT2D eigenvalue weighted by Crippen LogP contribution is -1.91. The van der Waals surface area contributed by atoms with Crippen LogP contribution in [0.5, 0.6) is 0 Å². The fourth-order valence-corrected chi connectivity index (χ4v) is 2.60. The largest absolute Gasteiger partial charge is 0.382 e. The zero-order chi connectivity index (χ0) is 15.0. The molecule has 0 saturated heterocycles. The van der Waals surface area contributed by atoms with Crippen LogP contribution in [-0.4, -0.2) is 10.2 Å². The van der Waals surface area contributed by atoms with Gasteiger partial charge in [-0.1, -0.05) is 28.1 Å². The number of nitrogens with two attached hydrogens (primary N) is 1. The van der Waals surface area contributed by atoms with E-state index < -0.39 is 11.6 Å². The average Bonchev–Trinajstić information content (AvgIpc) is 2.79. The summed E-state index contributed by atoms with van der Waals surface area (Å²) in [6.45, 7) is 0. The molecule has 0 saturated carbocycles. The maximum Gasteiger partial charge on any atom is 0.153 e. The molecule has 0 unspecified atom stereocenters. The molecule has 0 atom stereocenters. The van der Waals surface area contributed by atoms with E-state index in [1.807, 2.05) is 24.3 Å². The number of halogens is 3. The van der Waals surface area contributed by atoms with Crippen LogP contribution in [0.3, 0.4) is 0 Å². The molecule has 1 aromatic heterocycles. The average molecular weight is 350 g/mol. The van der Waals surface area contributed by atoms with Gasteiger partial charge in [0, 0.05) is 16.1 Å². The highest BCUT2D eigenvalue weighted by Crippen LogP contribution is 2.36. The number of anilines is 1. The van der Waals surface area contributed by atoms with E-state index in [1.54, 1.807) is 0 Å². The number of nitrogens with one attached hydrogen (secondary N) is 1. The Labute approximate surface area is 127 Å². The van der Waals surface area contributed by atoms with Crippen LogP contribution in [-0.2, 0) is 0 Å². The van der Waals surface area contributed by atoms with Crippen molar-refractivity contribution in [1.82, 2.24) is 10.2 Å². The van der Waals surface area contributed by atoms with Crippen LogP contribution in [0, 0.1) is 11.6 Å². The molecule has 0 fully saturated rings. The number of nitrogen functional groups attached to an aromatic ring is 1. The Bertz CT molecular complexity index is 794. The number of hydrogen-bond donors (Lipinski definition) is 2. The summed E-state index contributed by atoms with van der Waals surface area (Å²) in [6, 6.07) is 10.7. The van der Waals surface area contributed by atoms with Crippen LogP contribution in [0.4, 0.5) is 14.6 Å². The molecule has 3 nitrogen and oxygen atoms in total. The summed E-state index contributed by atoms with van der Waals surface area (Å²) in [4.78, 5) is 0. The van der Waals surface area contributed by atoms with Crippen LogP contribution in [0.15, 0.2) is 46.9 Å². The smallest absolute Gasteiger partial charge is 0.153 e. The van der Waals surface area contributed by atoms with E-state index in [-0.39, 0.29) is 5.82 Å². The molecular weight excluding hydrogens is 340 g/mol. The molecule has 1 heterocycles. The molecule has 0 aliphatic carbocycles. The van der Waals surface area contributed by atoms with Crippen molar-refractivity contribution in [1.29, 1.82) is 0 Å². The molecule has 106 valence electrons. The van der Waals surface area contributed by atoms with E-state index in [0.717, 1.165) is 16.1 Å². The number of rotatable bonds is 2. The Morgan fingerprint density at radius 2 is 1.71 bits per heavy atom. The van der Waals surface area contributed by atoms with Crippen molar-refractivity contribution < 1.29 is 8.78 Å². The van der Waals surface area contributed by atoms with E-state index in [2.05, 4.69) is 26.1 Å². The summed E-state index contributed by atoms with van der Waals surface area (Å²) in [5.74, 6) is -1.13. The van der Waals surface area contributed by atoms with Crippen LogP contribution in [0.1, 0.15) is 0 Å². The molecular formula is C15H10BrF2N3. The highest BCUT2D eigenvalue weighted by molar-refractivity contribution is 9.10. The van der Waals surface area contributed by atoms with E-state index in [0.29, 0.717) is 16.8 Å². The number of benzene rings is 2. The van der Waals surface area contributed by atoms with Gasteiger partial charge in [0.15, 0.2) is 5.82 Å². The van der Waals surface area contributed by atoms with E-state index >= 15 is 0 Å². The van der Waals surface area contributed by atoms with E-state index in [1.165, 1.54) is 12.1 Å². The van der Waals surface area contributed by atoms with Crippen molar-refractivity contribution in [2.45, 2.75) is 0 Å². The third-order valence-corrected chi connectivity index (χ3v) is 3.55. The van der Waals surface area contributed by atoms with Crippen molar-refractivity contribution in [3.8, 4) is 22.4 Å². The van der Waals surface area contributed by atoms with Crippen molar-refractivity contribution in [2.75, 3.05) is 5.73 Å². The summed E-state index contributed by atoms with van der Waals surface area (Å²) in [5.41, 5.74) is 8.09. The minimum absolute atomic E-state index is 0.190. The van der Waals surface area contributed by atoms with Gasteiger partial charge in [-0.05, 0) is 29.8 Å². The first-order chi connectivity index (χ1) is 10.0. The van der Waals surface area contributed by atoms with Crippen molar-refractivity contribution >= 4 is 21.7 Å². The van der Waals surface area contributed by atoms with Gasteiger partial charge in [-0.3, -0.25) is 5.10 Å². The lowest BCUT2D eigenvalue weighted by molar-refractivity contribution is 0.584. The molecule has 0 radical (unpaired) electrons. The first-order valence-electron chi connectivity index (χ1n) is 6.11. The molecule has 3 rings (SSSR count). The zero-order valence-corrected chi connectivity index (χ0v) is 12.3. The number of H-pyrrole nitrogens is 1. The van der Waals surface area contributed by atoms with Crippen LogP contribution >= 0.6 is 15.9 Å². The van der Waals surface area contributed by atoms with E-state index in [9.17, 15) is 8.78 Å². The van der Waals surface area contributed by atoms with Gasteiger partial charge in [-0.25, -0.2) is 8.78 Å². The molecule has 6 heteroatoms. The summed E-state index contributed by atoms with van der Waals surface area (Å²) in [5, 5.41) is 6.77.